The van der Waals surface area contributed by atoms with E-state index in [1.807, 2.05) is 6.92 Å². The van der Waals surface area contributed by atoms with Crippen LogP contribution in [-0.2, 0) is 6.54 Å². The van der Waals surface area contributed by atoms with Gasteiger partial charge >= 0.3 is 6.18 Å². The molecule has 0 aliphatic carbocycles. The fourth-order valence-corrected chi connectivity index (χ4v) is 3.94. The zero-order chi connectivity index (χ0) is 22.0. The summed E-state index contributed by atoms with van der Waals surface area (Å²) in [5.41, 5.74) is 2.23. The Balaban J connectivity index is 1.81. The molecule has 1 aliphatic heterocycles. The van der Waals surface area contributed by atoms with Crippen molar-refractivity contribution in [2.24, 2.45) is 0 Å². The number of fused-ring (bicyclic) bond motifs is 1. The Bertz CT molecular complexity index is 1140. The molecule has 0 spiro atoms. The molecule has 3 aromatic rings. The minimum Gasteiger partial charge on any atom is -0.467 e. The Morgan fingerprint density at radius 1 is 1.10 bits per heavy atom. The highest BCUT2D eigenvalue weighted by Gasteiger charge is 2.30. The Morgan fingerprint density at radius 3 is 2.52 bits per heavy atom. The van der Waals surface area contributed by atoms with Crippen LogP contribution < -0.4 is 15.6 Å². The van der Waals surface area contributed by atoms with Crippen molar-refractivity contribution >= 4 is 11.2 Å². The summed E-state index contributed by atoms with van der Waals surface area (Å²) in [6, 6.07) is 0. The molecule has 0 amide bonds. The van der Waals surface area contributed by atoms with Crippen molar-refractivity contribution in [2.75, 3.05) is 19.7 Å². The van der Waals surface area contributed by atoms with Crippen molar-refractivity contribution in [2.45, 2.75) is 38.4 Å². The number of nitrogens with one attached hydrogen (secondary N) is 1. The molecule has 31 heavy (non-hydrogen) atoms. The molecule has 0 unspecified atom stereocenters. The standard InChI is InChI=1S/C20H21F3N6O2/c1-12-15(13-2-4-24-5-3-13)19(30)29(17-16(12)26-7-8-27-17)10-14-18(28-9-6-25-14)31-11-20(21,22)23/h6-9,13,24H,2-5,10-11H2,1H3. The Morgan fingerprint density at radius 2 is 1.77 bits per heavy atom. The SMILES string of the molecule is Cc1c(C2CCNCC2)c(=O)n(Cc2nccnc2OCC(F)(F)F)c2nccnc12. The summed E-state index contributed by atoms with van der Waals surface area (Å²) in [5.74, 6) is -0.207. The topological polar surface area (TPSA) is 94.8 Å². The number of rotatable bonds is 5. The number of aryl methyl sites for hydroxylation is 1. The van der Waals surface area contributed by atoms with Gasteiger partial charge in [-0.1, -0.05) is 0 Å². The van der Waals surface area contributed by atoms with Gasteiger partial charge in [0.15, 0.2) is 12.3 Å². The molecule has 11 heteroatoms. The van der Waals surface area contributed by atoms with E-state index in [0.29, 0.717) is 16.7 Å². The highest BCUT2D eigenvalue weighted by molar-refractivity contribution is 5.75. The summed E-state index contributed by atoms with van der Waals surface area (Å²) in [6.45, 7) is 1.85. The number of alkyl halides is 3. The van der Waals surface area contributed by atoms with Gasteiger partial charge < -0.3 is 10.1 Å². The van der Waals surface area contributed by atoms with E-state index < -0.39 is 12.8 Å². The average molecular weight is 434 g/mol. The highest BCUT2D eigenvalue weighted by atomic mass is 19.4. The first-order chi connectivity index (χ1) is 14.8. The number of piperidine rings is 1. The van der Waals surface area contributed by atoms with E-state index in [0.717, 1.165) is 31.5 Å². The summed E-state index contributed by atoms with van der Waals surface area (Å²) in [4.78, 5) is 30.3. The maximum Gasteiger partial charge on any atom is 0.422 e. The van der Waals surface area contributed by atoms with Crippen LogP contribution in [0.3, 0.4) is 0 Å². The number of ether oxygens (including phenoxy) is 1. The van der Waals surface area contributed by atoms with Crippen molar-refractivity contribution in [3.8, 4) is 5.88 Å². The minimum atomic E-state index is -4.52. The maximum atomic E-state index is 13.5. The third kappa shape index (κ3) is 4.50. The number of halogens is 3. The smallest absolute Gasteiger partial charge is 0.422 e. The van der Waals surface area contributed by atoms with Crippen LogP contribution in [0.15, 0.2) is 29.6 Å². The zero-order valence-corrected chi connectivity index (χ0v) is 16.8. The minimum absolute atomic E-state index is 0.0641. The molecule has 0 radical (unpaired) electrons. The predicted octanol–water partition coefficient (Wildman–Crippen LogP) is 2.35. The average Bonchev–Trinajstić information content (AvgIpc) is 2.76. The second-order valence-corrected chi connectivity index (χ2v) is 7.39. The van der Waals surface area contributed by atoms with Gasteiger partial charge in [-0.15, -0.1) is 0 Å². The first-order valence-corrected chi connectivity index (χ1v) is 9.89. The lowest BCUT2D eigenvalue weighted by atomic mass is 9.88. The molecular weight excluding hydrogens is 413 g/mol. The van der Waals surface area contributed by atoms with Gasteiger partial charge in [0.2, 0.25) is 5.88 Å². The molecule has 4 rings (SSSR count). The Labute approximate surface area is 175 Å². The lowest BCUT2D eigenvalue weighted by Crippen LogP contribution is -2.34. The molecule has 0 aromatic carbocycles. The van der Waals surface area contributed by atoms with Crippen LogP contribution >= 0.6 is 0 Å². The van der Waals surface area contributed by atoms with Crippen LogP contribution in [0.1, 0.15) is 35.6 Å². The molecule has 164 valence electrons. The van der Waals surface area contributed by atoms with Crippen molar-refractivity contribution in [1.29, 1.82) is 0 Å². The molecule has 0 atom stereocenters. The monoisotopic (exact) mass is 434 g/mol. The highest BCUT2D eigenvalue weighted by Crippen LogP contribution is 2.28. The Hall–Kier alpha value is -3.08. The van der Waals surface area contributed by atoms with Crippen molar-refractivity contribution < 1.29 is 17.9 Å². The van der Waals surface area contributed by atoms with E-state index in [9.17, 15) is 18.0 Å². The maximum absolute atomic E-state index is 13.5. The van der Waals surface area contributed by atoms with E-state index in [1.165, 1.54) is 23.2 Å². The molecule has 1 N–H and O–H groups in total. The van der Waals surface area contributed by atoms with E-state index in [-0.39, 0.29) is 29.6 Å². The number of pyridine rings is 1. The van der Waals surface area contributed by atoms with Crippen molar-refractivity contribution in [3.63, 3.8) is 0 Å². The summed E-state index contributed by atoms with van der Waals surface area (Å²) in [5, 5.41) is 3.29. The number of hydrogen-bond donors (Lipinski definition) is 1. The summed E-state index contributed by atoms with van der Waals surface area (Å²) < 4.78 is 44.1. The molecule has 8 nitrogen and oxygen atoms in total. The van der Waals surface area contributed by atoms with Crippen LogP contribution in [0.4, 0.5) is 13.2 Å². The van der Waals surface area contributed by atoms with Crippen LogP contribution in [0.2, 0.25) is 0 Å². The molecular formula is C20H21F3N6O2. The van der Waals surface area contributed by atoms with Crippen LogP contribution in [0, 0.1) is 6.92 Å². The van der Waals surface area contributed by atoms with E-state index >= 15 is 0 Å². The fraction of sp³-hybridized carbons (Fsp3) is 0.450. The van der Waals surface area contributed by atoms with E-state index in [2.05, 4.69) is 25.3 Å². The van der Waals surface area contributed by atoms with Gasteiger partial charge in [0.05, 0.1) is 6.54 Å². The fourth-order valence-electron chi connectivity index (χ4n) is 3.94. The number of aromatic nitrogens is 5. The lowest BCUT2D eigenvalue weighted by molar-refractivity contribution is -0.154. The molecule has 1 saturated heterocycles. The van der Waals surface area contributed by atoms with Gasteiger partial charge in [-0.3, -0.25) is 19.3 Å². The van der Waals surface area contributed by atoms with Gasteiger partial charge in [0.1, 0.15) is 11.2 Å². The first-order valence-electron chi connectivity index (χ1n) is 9.89. The van der Waals surface area contributed by atoms with Crippen LogP contribution in [0.25, 0.3) is 11.2 Å². The summed E-state index contributed by atoms with van der Waals surface area (Å²) in [6.07, 6.45) is 2.72. The normalized spacial score (nSPS) is 15.4. The van der Waals surface area contributed by atoms with Gasteiger partial charge in [-0.05, 0) is 44.3 Å². The second-order valence-electron chi connectivity index (χ2n) is 7.39. The molecule has 4 heterocycles. The van der Waals surface area contributed by atoms with Gasteiger partial charge in [0, 0.05) is 30.4 Å². The van der Waals surface area contributed by atoms with Gasteiger partial charge in [-0.2, -0.15) is 13.2 Å². The van der Waals surface area contributed by atoms with E-state index in [4.69, 9.17) is 4.74 Å². The first kappa shape index (κ1) is 21.2. The van der Waals surface area contributed by atoms with Crippen LogP contribution in [-0.4, -0.2) is 50.4 Å². The number of nitrogens with zero attached hydrogens (tertiary/aromatic N) is 5. The molecule has 1 fully saturated rings. The van der Waals surface area contributed by atoms with E-state index in [1.54, 1.807) is 6.20 Å². The molecule has 0 bridgehead atoms. The quantitative estimate of drug-likeness (QED) is 0.659. The Kier molecular flexibility index (Phi) is 5.86. The molecule has 1 aliphatic rings. The van der Waals surface area contributed by atoms with Gasteiger partial charge in [0.25, 0.3) is 5.56 Å². The third-order valence-electron chi connectivity index (χ3n) is 5.33. The molecule has 0 saturated carbocycles. The summed E-state index contributed by atoms with van der Waals surface area (Å²) >= 11 is 0. The molecule has 3 aromatic heterocycles. The van der Waals surface area contributed by atoms with Gasteiger partial charge in [-0.25, -0.2) is 9.97 Å². The number of hydrogen-bond acceptors (Lipinski definition) is 7. The largest absolute Gasteiger partial charge is 0.467 e. The predicted molar refractivity (Wildman–Crippen MR) is 106 cm³/mol. The summed E-state index contributed by atoms with van der Waals surface area (Å²) in [7, 11) is 0. The lowest BCUT2D eigenvalue weighted by Gasteiger charge is -2.25. The van der Waals surface area contributed by atoms with Crippen molar-refractivity contribution in [3.05, 3.63) is 52.0 Å². The third-order valence-corrected chi connectivity index (χ3v) is 5.33. The van der Waals surface area contributed by atoms with Crippen molar-refractivity contribution in [1.82, 2.24) is 29.8 Å². The second kappa shape index (κ2) is 8.58. The van der Waals surface area contributed by atoms with Crippen LogP contribution in [0.5, 0.6) is 5.88 Å². The zero-order valence-electron chi connectivity index (χ0n) is 16.8.